The Morgan fingerprint density at radius 3 is 2.00 bits per heavy atom. The number of ether oxygens (including phenoxy) is 2. The van der Waals surface area contributed by atoms with Crippen molar-refractivity contribution < 1.29 is 31.6 Å². The number of quaternary nitrogens is 1. The molecule has 2 aromatic rings. The lowest BCUT2D eigenvalue weighted by molar-refractivity contribution is -0.910. The van der Waals surface area contributed by atoms with E-state index in [0.29, 0.717) is 0 Å². The van der Waals surface area contributed by atoms with Gasteiger partial charge in [0, 0.05) is 0 Å². The molecule has 1 aliphatic heterocycles. The van der Waals surface area contributed by atoms with E-state index < -0.39 is 5.41 Å². The third-order valence-corrected chi connectivity index (χ3v) is 5.19. The van der Waals surface area contributed by atoms with Gasteiger partial charge in [0.2, 0.25) is 0 Å². The predicted octanol–water partition coefficient (Wildman–Crippen LogP) is -1.16. The zero-order chi connectivity index (χ0) is 18.4. The minimum atomic E-state index is -0.822. The van der Waals surface area contributed by atoms with Crippen LogP contribution in [-0.2, 0) is 19.7 Å². The summed E-state index contributed by atoms with van der Waals surface area (Å²) < 4.78 is 11.3. The fourth-order valence-electron chi connectivity index (χ4n) is 3.56. The van der Waals surface area contributed by atoms with Gasteiger partial charge in [-0.3, -0.25) is 4.79 Å². The van der Waals surface area contributed by atoms with Gasteiger partial charge in [-0.2, -0.15) is 0 Å². The SMILES string of the molecule is CC(C[NH+]1CCOCC1)OC(=O)C(C)(c1ccccc1)c1ccccc1.[Cl-]. The van der Waals surface area contributed by atoms with Gasteiger partial charge in [0.1, 0.15) is 31.2 Å². The summed E-state index contributed by atoms with van der Waals surface area (Å²) in [6.45, 7) is 8.25. The minimum absolute atomic E-state index is 0. The Labute approximate surface area is 167 Å². The van der Waals surface area contributed by atoms with Crippen molar-refractivity contribution in [3.8, 4) is 0 Å². The molecular formula is C22H28ClNO3. The van der Waals surface area contributed by atoms with Crippen LogP contribution in [0.4, 0.5) is 0 Å². The lowest BCUT2D eigenvalue weighted by Gasteiger charge is -2.31. The van der Waals surface area contributed by atoms with E-state index >= 15 is 0 Å². The van der Waals surface area contributed by atoms with Gasteiger partial charge in [-0.25, -0.2) is 0 Å². The second-order valence-electron chi connectivity index (χ2n) is 7.14. The molecule has 2 aromatic carbocycles. The molecular weight excluding hydrogens is 362 g/mol. The van der Waals surface area contributed by atoms with E-state index in [2.05, 4.69) is 0 Å². The maximum atomic E-state index is 13.3. The molecule has 1 fully saturated rings. The first kappa shape index (κ1) is 21.4. The van der Waals surface area contributed by atoms with Crippen molar-refractivity contribution in [1.29, 1.82) is 0 Å². The Morgan fingerprint density at radius 2 is 1.52 bits per heavy atom. The molecule has 1 saturated heterocycles. The summed E-state index contributed by atoms with van der Waals surface area (Å²) in [5.74, 6) is -0.199. The first-order valence-electron chi connectivity index (χ1n) is 9.34. The summed E-state index contributed by atoms with van der Waals surface area (Å²) in [6, 6.07) is 19.7. The Bertz CT molecular complexity index is 663. The van der Waals surface area contributed by atoms with Gasteiger partial charge >= 0.3 is 5.97 Å². The quantitative estimate of drug-likeness (QED) is 0.634. The number of esters is 1. The van der Waals surface area contributed by atoms with Crippen molar-refractivity contribution in [3.05, 3.63) is 71.8 Å². The zero-order valence-electron chi connectivity index (χ0n) is 16.0. The van der Waals surface area contributed by atoms with E-state index in [9.17, 15) is 4.79 Å². The molecule has 0 saturated carbocycles. The Morgan fingerprint density at radius 1 is 1.04 bits per heavy atom. The number of carbonyl (C=O) groups excluding carboxylic acids is 1. The monoisotopic (exact) mass is 389 g/mol. The standard InChI is InChI=1S/C22H27NO3.ClH/c1-18(17-23-13-15-25-16-14-23)26-21(24)22(2,19-9-5-3-6-10-19)20-11-7-4-8-12-20;/h3-12,18H,13-17H2,1-2H3;1H. The topological polar surface area (TPSA) is 40.0 Å². The summed E-state index contributed by atoms with van der Waals surface area (Å²) in [7, 11) is 0. The van der Waals surface area contributed by atoms with Crippen molar-refractivity contribution in [1.82, 2.24) is 0 Å². The summed E-state index contributed by atoms with van der Waals surface area (Å²) in [5.41, 5.74) is 1.07. The fraction of sp³-hybridized carbons (Fsp3) is 0.409. The molecule has 1 heterocycles. The van der Waals surface area contributed by atoms with Gasteiger partial charge in [-0.05, 0) is 25.0 Å². The summed E-state index contributed by atoms with van der Waals surface area (Å²) >= 11 is 0. The molecule has 1 atom stereocenters. The molecule has 0 aromatic heterocycles. The van der Waals surface area contributed by atoms with Crippen LogP contribution in [0.2, 0.25) is 0 Å². The van der Waals surface area contributed by atoms with Crippen molar-refractivity contribution in [2.45, 2.75) is 25.4 Å². The van der Waals surface area contributed by atoms with Crippen molar-refractivity contribution in [2.24, 2.45) is 0 Å². The zero-order valence-corrected chi connectivity index (χ0v) is 16.7. The first-order valence-corrected chi connectivity index (χ1v) is 9.34. The van der Waals surface area contributed by atoms with Gasteiger partial charge in [0.05, 0.1) is 13.2 Å². The number of nitrogens with one attached hydrogen (secondary N) is 1. The maximum Gasteiger partial charge on any atom is 0.321 e. The van der Waals surface area contributed by atoms with Crippen LogP contribution >= 0.6 is 0 Å². The normalized spacial score (nSPS) is 16.2. The van der Waals surface area contributed by atoms with Gasteiger partial charge in [0.25, 0.3) is 0 Å². The van der Waals surface area contributed by atoms with Crippen molar-refractivity contribution >= 4 is 5.97 Å². The molecule has 4 nitrogen and oxygen atoms in total. The molecule has 27 heavy (non-hydrogen) atoms. The molecule has 5 heteroatoms. The number of morpholine rings is 1. The average Bonchev–Trinajstić information content (AvgIpc) is 2.69. The van der Waals surface area contributed by atoms with E-state index in [1.54, 1.807) is 0 Å². The van der Waals surface area contributed by atoms with Gasteiger partial charge in [-0.15, -0.1) is 0 Å². The van der Waals surface area contributed by atoms with E-state index in [-0.39, 0.29) is 24.5 Å². The molecule has 146 valence electrons. The van der Waals surface area contributed by atoms with Gasteiger partial charge in [-0.1, -0.05) is 60.7 Å². The van der Waals surface area contributed by atoms with Crippen LogP contribution in [0.3, 0.4) is 0 Å². The molecule has 1 unspecified atom stereocenters. The summed E-state index contributed by atoms with van der Waals surface area (Å²) in [6.07, 6.45) is -0.137. The highest BCUT2D eigenvalue weighted by Gasteiger charge is 2.39. The van der Waals surface area contributed by atoms with Crippen LogP contribution in [-0.4, -0.2) is 44.9 Å². The predicted molar refractivity (Wildman–Crippen MR) is 101 cm³/mol. The van der Waals surface area contributed by atoms with Crippen LogP contribution in [0.15, 0.2) is 60.7 Å². The third kappa shape index (κ3) is 5.10. The lowest BCUT2D eigenvalue weighted by Crippen LogP contribution is -3.15. The smallest absolute Gasteiger partial charge is 0.321 e. The molecule has 0 spiro atoms. The Balaban J connectivity index is 0.00000261. The van der Waals surface area contributed by atoms with E-state index in [1.165, 1.54) is 4.90 Å². The minimum Gasteiger partial charge on any atom is -1.00 e. The number of rotatable bonds is 6. The Hall–Kier alpha value is -1.88. The molecule has 1 aliphatic rings. The van der Waals surface area contributed by atoms with E-state index in [1.807, 2.05) is 74.5 Å². The second kappa shape index (κ2) is 9.88. The van der Waals surface area contributed by atoms with Gasteiger partial charge < -0.3 is 26.8 Å². The number of carbonyl (C=O) groups is 1. The largest absolute Gasteiger partial charge is 1.00 e. The van der Waals surface area contributed by atoms with Crippen LogP contribution in [0.1, 0.15) is 25.0 Å². The van der Waals surface area contributed by atoms with Gasteiger partial charge in [0.15, 0.2) is 0 Å². The van der Waals surface area contributed by atoms with Crippen molar-refractivity contribution in [3.63, 3.8) is 0 Å². The summed E-state index contributed by atoms with van der Waals surface area (Å²) in [5, 5.41) is 0. The van der Waals surface area contributed by atoms with Crippen LogP contribution in [0.25, 0.3) is 0 Å². The summed E-state index contributed by atoms with van der Waals surface area (Å²) in [4.78, 5) is 14.7. The van der Waals surface area contributed by atoms with Crippen LogP contribution < -0.4 is 17.3 Å². The third-order valence-electron chi connectivity index (χ3n) is 5.19. The van der Waals surface area contributed by atoms with Crippen molar-refractivity contribution in [2.75, 3.05) is 32.8 Å². The number of hydrogen-bond donors (Lipinski definition) is 1. The molecule has 1 N–H and O–H groups in total. The fourth-order valence-corrected chi connectivity index (χ4v) is 3.56. The number of hydrogen-bond acceptors (Lipinski definition) is 3. The highest BCUT2D eigenvalue weighted by atomic mass is 35.5. The molecule has 0 aliphatic carbocycles. The molecule has 0 amide bonds. The van der Waals surface area contributed by atoms with Crippen LogP contribution in [0, 0.1) is 0 Å². The Kier molecular flexibility index (Phi) is 7.84. The average molecular weight is 390 g/mol. The lowest BCUT2D eigenvalue weighted by atomic mass is 9.76. The molecule has 3 rings (SSSR count). The number of benzene rings is 2. The van der Waals surface area contributed by atoms with E-state index in [0.717, 1.165) is 44.0 Å². The highest BCUT2D eigenvalue weighted by molar-refractivity contribution is 5.87. The highest BCUT2D eigenvalue weighted by Crippen LogP contribution is 2.33. The van der Waals surface area contributed by atoms with E-state index in [4.69, 9.17) is 9.47 Å². The molecule has 0 bridgehead atoms. The van der Waals surface area contributed by atoms with Crippen LogP contribution in [0.5, 0.6) is 0 Å². The maximum absolute atomic E-state index is 13.3. The second-order valence-corrected chi connectivity index (χ2v) is 7.14. The number of halogens is 1. The molecule has 0 radical (unpaired) electrons. The first-order chi connectivity index (χ1) is 12.6.